The largest absolute Gasteiger partial charge is 0.371 e. The lowest BCUT2D eigenvalue weighted by molar-refractivity contribution is -0.122. The van der Waals surface area contributed by atoms with Crippen LogP contribution in [0.15, 0.2) is 54.6 Å². The Hall–Kier alpha value is -2.29. The topological polar surface area (TPSA) is 23.6 Å². The van der Waals surface area contributed by atoms with Gasteiger partial charge in [-0.05, 0) is 43.0 Å². The van der Waals surface area contributed by atoms with Crippen molar-refractivity contribution in [3.63, 3.8) is 0 Å². The van der Waals surface area contributed by atoms with Gasteiger partial charge in [-0.2, -0.15) is 0 Å². The number of piperidine rings is 1. The molecule has 1 amide bonds. The summed E-state index contributed by atoms with van der Waals surface area (Å²) in [6.07, 6.45) is 2.89. The van der Waals surface area contributed by atoms with Crippen molar-refractivity contribution >= 4 is 17.3 Å². The van der Waals surface area contributed by atoms with Crippen LogP contribution in [0, 0.1) is 5.92 Å². The van der Waals surface area contributed by atoms with E-state index in [0.29, 0.717) is 5.91 Å². The van der Waals surface area contributed by atoms with Crippen LogP contribution in [0.2, 0.25) is 0 Å². The molecule has 2 aromatic rings. The Morgan fingerprint density at radius 2 is 1.57 bits per heavy atom. The highest BCUT2D eigenvalue weighted by molar-refractivity contribution is 5.97. The van der Waals surface area contributed by atoms with Gasteiger partial charge in [-0.3, -0.25) is 4.79 Å². The highest BCUT2D eigenvalue weighted by Crippen LogP contribution is 2.31. The first-order chi connectivity index (χ1) is 11.3. The number of fused-ring (bicyclic) bond motifs is 1. The number of rotatable bonds is 2. The highest BCUT2D eigenvalue weighted by atomic mass is 16.2. The lowest BCUT2D eigenvalue weighted by Crippen LogP contribution is -2.42. The van der Waals surface area contributed by atoms with Gasteiger partial charge in [0, 0.05) is 36.9 Å². The molecule has 118 valence electrons. The molecule has 2 aromatic carbocycles. The van der Waals surface area contributed by atoms with Crippen LogP contribution in [0.4, 0.5) is 11.4 Å². The highest BCUT2D eigenvalue weighted by Gasteiger charge is 2.32. The van der Waals surface area contributed by atoms with Gasteiger partial charge >= 0.3 is 0 Å². The number of carbonyl (C=O) groups is 1. The van der Waals surface area contributed by atoms with Crippen molar-refractivity contribution in [3.8, 4) is 0 Å². The molecule has 0 atom stereocenters. The van der Waals surface area contributed by atoms with Crippen molar-refractivity contribution in [2.75, 3.05) is 29.4 Å². The number of carbonyl (C=O) groups excluding carboxylic acids is 1. The van der Waals surface area contributed by atoms with Crippen LogP contribution in [-0.2, 0) is 11.2 Å². The zero-order valence-electron chi connectivity index (χ0n) is 13.3. The molecule has 2 aliphatic heterocycles. The molecule has 0 spiro atoms. The summed E-state index contributed by atoms with van der Waals surface area (Å²) in [4.78, 5) is 17.3. The number of amides is 1. The monoisotopic (exact) mass is 306 g/mol. The van der Waals surface area contributed by atoms with Crippen LogP contribution in [0.5, 0.6) is 0 Å². The van der Waals surface area contributed by atoms with E-state index < -0.39 is 0 Å². The number of para-hydroxylation sites is 2. The second-order valence-electron chi connectivity index (χ2n) is 6.47. The van der Waals surface area contributed by atoms with E-state index in [2.05, 4.69) is 47.4 Å². The van der Waals surface area contributed by atoms with Crippen LogP contribution in [0.1, 0.15) is 18.4 Å². The van der Waals surface area contributed by atoms with Gasteiger partial charge < -0.3 is 9.80 Å². The van der Waals surface area contributed by atoms with E-state index in [-0.39, 0.29) is 5.92 Å². The van der Waals surface area contributed by atoms with Crippen LogP contribution >= 0.6 is 0 Å². The van der Waals surface area contributed by atoms with E-state index in [1.807, 2.05) is 17.0 Å². The summed E-state index contributed by atoms with van der Waals surface area (Å²) in [6, 6.07) is 18.8. The van der Waals surface area contributed by atoms with Crippen LogP contribution in [0.25, 0.3) is 0 Å². The predicted octanol–water partition coefficient (Wildman–Crippen LogP) is 3.49. The third-order valence-corrected chi connectivity index (χ3v) is 5.12. The average molecular weight is 306 g/mol. The molecule has 1 fully saturated rings. The molecule has 2 heterocycles. The number of nitrogens with zero attached hydrogens (tertiary/aromatic N) is 2. The number of benzene rings is 2. The zero-order chi connectivity index (χ0) is 15.6. The van der Waals surface area contributed by atoms with Crippen molar-refractivity contribution in [1.29, 1.82) is 0 Å². The van der Waals surface area contributed by atoms with Gasteiger partial charge in [0.05, 0.1) is 0 Å². The van der Waals surface area contributed by atoms with Gasteiger partial charge in [-0.25, -0.2) is 0 Å². The third-order valence-electron chi connectivity index (χ3n) is 5.12. The average Bonchev–Trinajstić information content (AvgIpc) is 3.06. The second kappa shape index (κ2) is 6.07. The van der Waals surface area contributed by atoms with Crippen molar-refractivity contribution in [1.82, 2.24) is 0 Å². The lowest BCUT2D eigenvalue weighted by Gasteiger charge is -2.34. The Kier molecular flexibility index (Phi) is 3.78. The molecular formula is C20H22N2O. The van der Waals surface area contributed by atoms with Crippen molar-refractivity contribution < 1.29 is 4.79 Å². The summed E-state index contributed by atoms with van der Waals surface area (Å²) in [5.41, 5.74) is 3.70. The smallest absolute Gasteiger partial charge is 0.230 e. The number of anilines is 2. The van der Waals surface area contributed by atoms with Crippen molar-refractivity contribution in [2.45, 2.75) is 19.3 Å². The molecule has 0 aromatic heterocycles. The molecule has 2 aliphatic rings. The fourth-order valence-electron chi connectivity index (χ4n) is 3.81. The SMILES string of the molecule is O=C(C1CCN(c2ccccc2)CC1)N1CCc2ccccc21. The quantitative estimate of drug-likeness (QED) is 0.848. The van der Waals surface area contributed by atoms with Gasteiger partial charge in [0.2, 0.25) is 5.91 Å². The number of hydrogen-bond acceptors (Lipinski definition) is 2. The van der Waals surface area contributed by atoms with Crippen LogP contribution < -0.4 is 9.80 Å². The maximum Gasteiger partial charge on any atom is 0.230 e. The van der Waals surface area contributed by atoms with E-state index >= 15 is 0 Å². The molecule has 23 heavy (non-hydrogen) atoms. The Bertz CT molecular complexity index is 690. The first-order valence-electron chi connectivity index (χ1n) is 8.52. The van der Waals surface area contributed by atoms with Crippen LogP contribution in [-0.4, -0.2) is 25.5 Å². The third kappa shape index (κ3) is 2.72. The van der Waals surface area contributed by atoms with Gasteiger partial charge in [0.1, 0.15) is 0 Å². The number of hydrogen-bond donors (Lipinski definition) is 0. The molecule has 4 rings (SSSR count). The molecule has 3 heteroatoms. The minimum Gasteiger partial charge on any atom is -0.371 e. The molecule has 0 radical (unpaired) electrons. The molecule has 3 nitrogen and oxygen atoms in total. The first-order valence-corrected chi connectivity index (χ1v) is 8.52. The van der Waals surface area contributed by atoms with Gasteiger partial charge in [0.15, 0.2) is 0 Å². The minimum absolute atomic E-state index is 0.168. The molecule has 0 saturated carbocycles. The Morgan fingerprint density at radius 3 is 2.35 bits per heavy atom. The lowest BCUT2D eigenvalue weighted by atomic mass is 9.95. The summed E-state index contributed by atoms with van der Waals surface area (Å²) < 4.78 is 0. The van der Waals surface area contributed by atoms with Gasteiger partial charge in [0.25, 0.3) is 0 Å². The Balaban J connectivity index is 1.42. The summed E-state index contributed by atoms with van der Waals surface area (Å²) >= 11 is 0. The van der Waals surface area contributed by atoms with E-state index in [1.54, 1.807) is 0 Å². The van der Waals surface area contributed by atoms with E-state index in [9.17, 15) is 4.79 Å². The second-order valence-corrected chi connectivity index (χ2v) is 6.47. The van der Waals surface area contributed by atoms with Gasteiger partial charge in [-0.1, -0.05) is 36.4 Å². The maximum atomic E-state index is 12.9. The molecule has 0 aliphatic carbocycles. The zero-order valence-corrected chi connectivity index (χ0v) is 13.3. The predicted molar refractivity (Wildman–Crippen MR) is 93.9 cm³/mol. The fraction of sp³-hybridized carbons (Fsp3) is 0.350. The van der Waals surface area contributed by atoms with Gasteiger partial charge in [-0.15, -0.1) is 0 Å². The normalized spacial score (nSPS) is 18.1. The summed E-state index contributed by atoms with van der Waals surface area (Å²) in [7, 11) is 0. The van der Waals surface area contributed by atoms with Crippen LogP contribution in [0.3, 0.4) is 0 Å². The standard InChI is InChI=1S/C20H22N2O/c23-20(22-15-12-16-6-4-5-9-19(16)22)17-10-13-21(14-11-17)18-7-2-1-3-8-18/h1-9,17H,10-15H2. The molecule has 0 N–H and O–H groups in total. The first kappa shape index (κ1) is 14.3. The molecule has 1 saturated heterocycles. The van der Waals surface area contributed by atoms with E-state index in [1.165, 1.54) is 11.3 Å². The minimum atomic E-state index is 0.168. The summed E-state index contributed by atoms with van der Waals surface area (Å²) in [5.74, 6) is 0.490. The van der Waals surface area contributed by atoms with Crippen molar-refractivity contribution in [2.24, 2.45) is 5.92 Å². The summed E-state index contributed by atoms with van der Waals surface area (Å²) in [6.45, 7) is 2.78. The maximum absolute atomic E-state index is 12.9. The van der Waals surface area contributed by atoms with Crippen molar-refractivity contribution in [3.05, 3.63) is 60.2 Å². The van der Waals surface area contributed by atoms with E-state index in [4.69, 9.17) is 0 Å². The molecule has 0 bridgehead atoms. The molecule has 0 unspecified atom stereocenters. The van der Waals surface area contributed by atoms with E-state index in [0.717, 1.165) is 44.6 Å². The summed E-state index contributed by atoms with van der Waals surface area (Å²) in [5, 5.41) is 0. The molecular weight excluding hydrogens is 284 g/mol. The Morgan fingerprint density at radius 1 is 0.870 bits per heavy atom. The fourth-order valence-corrected chi connectivity index (χ4v) is 3.81. The Labute approximate surface area is 137 Å².